The maximum atomic E-state index is 13.0. The lowest BCUT2D eigenvalue weighted by Crippen LogP contribution is -2.09. The first-order chi connectivity index (χ1) is 12.6. The third-order valence-corrected chi connectivity index (χ3v) is 5.66. The zero-order valence-electron chi connectivity index (χ0n) is 13.8. The summed E-state index contributed by atoms with van der Waals surface area (Å²) in [6, 6.07) is 7.91. The van der Waals surface area contributed by atoms with Crippen molar-refractivity contribution < 1.29 is 13.9 Å². The van der Waals surface area contributed by atoms with Gasteiger partial charge in [0, 0.05) is 12.1 Å². The summed E-state index contributed by atoms with van der Waals surface area (Å²) in [6.45, 7) is 2.70. The molecule has 0 aliphatic carbocycles. The van der Waals surface area contributed by atoms with E-state index in [0.717, 1.165) is 10.7 Å². The predicted molar refractivity (Wildman–Crippen MR) is 101 cm³/mol. The SMILES string of the molecule is CCn1c(SCC(=O)OCc2ccc(F)cc2Cl)nnc1-c1cccs1. The van der Waals surface area contributed by atoms with Gasteiger partial charge in [0.25, 0.3) is 0 Å². The van der Waals surface area contributed by atoms with Crippen molar-refractivity contribution in [2.45, 2.75) is 25.2 Å². The van der Waals surface area contributed by atoms with Crippen LogP contribution in [-0.4, -0.2) is 26.5 Å². The number of esters is 1. The van der Waals surface area contributed by atoms with Gasteiger partial charge in [-0.25, -0.2) is 4.39 Å². The van der Waals surface area contributed by atoms with E-state index in [2.05, 4.69) is 10.2 Å². The van der Waals surface area contributed by atoms with E-state index < -0.39 is 11.8 Å². The maximum absolute atomic E-state index is 13.0. The van der Waals surface area contributed by atoms with Crippen LogP contribution in [0.1, 0.15) is 12.5 Å². The van der Waals surface area contributed by atoms with Crippen LogP contribution in [0.4, 0.5) is 4.39 Å². The average molecular weight is 412 g/mol. The molecule has 0 fully saturated rings. The predicted octanol–water partition coefficient (Wildman–Crippen LogP) is 4.65. The van der Waals surface area contributed by atoms with Crippen LogP contribution in [-0.2, 0) is 22.7 Å². The Balaban J connectivity index is 1.58. The molecule has 0 N–H and O–H groups in total. The van der Waals surface area contributed by atoms with Crippen LogP contribution >= 0.6 is 34.7 Å². The molecule has 0 aliphatic rings. The van der Waals surface area contributed by atoms with Crippen LogP contribution < -0.4 is 0 Å². The highest BCUT2D eigenvalue weighted by Crippen LogP contribution is 2.27. The molecule has 0 saturated heterocycles. The number of hydrogen-bond donors (Lipinski definition) is 0. The number of carbonyl (C=O) groups is 1. The van der Waals surface area contributed by atoms with Gasteiger partial charge in [-0.2, -0.15) is 0 Å². The molecule has 0 aliphatic heterocycles. The Labute approximate surface area is 163 Å². The Hall–Kier alpha value is -1.90. The highest BCUT2D eigenvalue weighted by atomic mass is 35.5. The van der Waals surface area contributed by atoms with E-state index in [0.29, 0.717) is 17.3 Å². The third-order valence-electron chi connectivity index (χ3n) is 3.50. The van der Waals surface area contributed by atoms with Crippen molar-refractivity contribution in [3.63, 3.8) is 0 Å². The minimum atomic E-state index is -0.430. The topological polar surface area (TPSA) is 57.0 Å². The van der Waals surface area contributed by atoms with Gasteiger partial charge in [-0.15, -0.1) is 21.5 Å². The first kappa shape index (κ1) is 18.9. The number of carbonyl (C=O) groups excluding carboxylic acids is 1. The van der Waals surface area contributed by atoms with E-state index in [4.69, 9.17) is 16.3 Å². The summed E-state index contributed by atoms with van der Waals surface area (Å²) >= 11 is 8.77. The van der Waals surface area contributed by atoms with Gasteiger partial charge < -0.3 is 9.30 Å². The highest BCUT2D eigenvalue weighted by Gasteiger charge is 2.16. The number of halogens is 2. The maximum Gasteiger partial charge on any atom is 0.316 e. The lowest BCUT2D eigenvalue weighted by molar-refractivity contribution is -0.141. The first-order valence-corrected chi connectivity index (χ1v) is 10.0. The fourth-order valence-corrected chi connectivity index (χ4v) is 3.97. The van der Waals surface area contributed by atoms with Gasteiger partial charge in [-0.05, 0) is 30.5 Å². The number of hydrogen-bond acceptors (Lipinski definition) is 6. The second kappa shape index (κ2) is 8.66. The summed E-state index contributed by atoms with van der Waals surface area (Å²) in [6.07, 6.45) is 0. The normalized spacial score (nSPS) is 10.9. The molecule has 1 aromatic carbocycles. The number of rotatable bonds is 7. The Bertz CT molecular complexity index is 900. The second-order valence-corrected chi connectivity index (χ2v) is 7.51. The lowest BCUT2D eigenvalue weighted by Gasteiger charge is -2.08. The van der Waals surface area contributed by atoms with Crippen LogP contribution in [0.5, 0.6) is 0 Å². The average Bonchev–Trinajstić information content (AvgIpc) is 3.28. The molecule has 136 valence electrons. The van der Waals surface area contributed by atoms with E-state index in [1.807, 2.05) is 29.0 Å². The lowest BCUT2D eigenvalue weighted by atomic mass is 10.2. The molecule has 0 radical (unpaired) electrons. The summed E-state index contributed by atoms with van der Waals surface area (Å²) in [5.41, 5.74) is 0.558. The summed E-state index contributed by atoms with van der Waals surface area (Å²) in [7, 11) is 0. The highest BCUT2D eigenvalue weighted by molar-refractivity contribution is 7.99. The fraction of sp³-hybridized carbons (Fsp3) is 0.235. The molecular weight excluding hydrogens is 397 g/mol. The van der Waals surface area contributed by atoms with Crippen LogP contribution in [0.2, 0.25) is 5.02 Å². The number of thioether (sulfide) groups is 1. The van der Waals surface area contributed by atoms with Gasteiger partial charge in [0.2, 0.25) is 0 Å². The molecule has 3 aromatic rings. The minimum Gasteiger partial charge on any atom is -0.460 e. The Morgan fingerprint density at radius 3 is 2.92 bits per heavy atom. The molecule has 26 heavy (non-hydrogen) atoms. The first-order valence-electron chi connectivity index (χ1n) is 7.78. The number of thiophene rings is 1. The summed E-state index contributed by atoms with van der Waals surface area (Å²) < 4.78 is 20.2. The second-order valence-electron chi connectivity index (χ2n) is 5.21. The molecule has 3 rings (SSSR count). The summed E-state index contributed by atoms with van der Waals surface area (Å²) in [4.78, 5) is 13.0. The Kier molecular flexibility index (Phi) is 6.29. The number of benzene rings is 1. The summed E-state index contributed by atoms with van der Waals surface area (Å²) in [5, 5.41) is 11.3. The van der Waals surface area contributed by atoms with Crippen molar-refractivity contribution in [2.24, 2.45) is 0 Å². The van der Waals surface area contributed by atoms with Crippen molar-refractivity contribution in [1.82, 2.24) is 14.8 Å². The van der Waals surface area contributed by atoms with E-state index in [1.165, 1.54) is 30.0 Å². The van der Waals surface area contributed by atoms with Crippen molar-refractivity contribution in [3.8, 4) is 10.7 Å². The minimum absolute atomic E-state index is 0.000575. The van der Waals surface area contributed by atoms with Crippen LogP contribution in [0.25, 0.3) is 10.7 Å². The number of aromatic nitrogens is 3. The molecule has 0 amide bonds. The smallest absolute Gasteiger partial charge is 0.316 e. The van der Waals surface area contributed by atoms with Crippen LogP contribution in [0.3, 0.4) is 0 Å². The molecule has 9 heteroatoms. The largest absolute Gasteiger partial charge is 0.460 e. The molecule has 0 saturated carbocycles. The van der Waals surface area contributed by atoms with Gasteiger partial charge in [-0.3, -0.25) is 4.79 Å². The number of nitrogens with zero attached hydrogens (tertiary/aromatic N) is 3. The van der Waals surface area contributed by atoms with E-state index in [1.54, 1.807) is 11.3 Å². The molecule has 2 heterocycles. The molecule has 0 spiro atoms. The third kappa shape index (κ3) is 4.44. The monoisotopic (exact) mass is 411 g/mol. The van der Waals surface area contributed by atoms with Crippen LogP contribution in [0, 0.1) is 5.82 Å². The van der Waals surface area contributed by atoms with Gasteiger partial charge in [0.05, 0.1) is 15.7 Å². The Morgan fingerprint density at radius 1 is 1.38 bits per heavy atom. The van der Waals surface area contributed by atoms with Gasteiger partial charge in [0.15, 0.2) is 11.0 Å². The van der Waals surface area contributed by atoms with Crippen LogP contribution in [0.15, 0.2) is 40.9 Å². The van der Waals surface area contributed by atoms with E-state index in [9.17, 15) is 9.18 Å². The molecular formula is C17H15ClFN3O2S2. The molecule has 5 nitrogen and oxygen atoms in total. The van der Waals surface area contributed by atoms with Crippen molar-refractivity contribution in [1.29, 1.82) is 0 Å². The van der Waals surface area contributed by atoms with Crippen molar-refractivity contribution in [3.05, 3.63) is 52.1 Å². The van der Waals surface area contributed by atoms with Gasteiger partial charge >= 0.3 is 5.97 Å². The molecule has 0 unspecified atom stereocenters. The number of ether oxygens (including phenoxy) is 1. The van der Waals surface area contributed by atoms with Gasteiger partial charge in [0.1, 0.15) is 12.4 Å². The van der Waals surface area contributed by atoms with E-state index >= 15 is 0 Å². The molecule has 2 aromatic heterocycles. The fourth-order valence-electron chi connectivity index (χ4n) is 2.23. The molecule has 0 atom stereocenters. The zero-order valence-corrected chi connectivity index (χ0v) is 16.2. The van der Waals surface area contributed by atoms with Gasteiger partial charge in [-0.1, -0.05) is 35.5 Å². The molecule has 0 bridgehead atoms. The Morgan fingerprint density at radius 2 is 2.23 bits per heavy atom. The van der Waals surface area contributed by atoms with E-state index in [-0.39, 0.29) is 17.4 Å². The van der Waals surface area contributed by atoms with Crippen molar-refractivity contribution >= 4 is 40.7 Å². The summed E-state index contributed by atoms with van der Waals surface area (Å²) in [5.74, 6) is 0.0535. The quantitative estimate of drug-likeness (QED) is 0.418. The van der Waals surface area contributed by atoms with Crippen molar-refractivity contribution in [2.75, 3.05) is 5.75 Å². The zero-order chi connectivity index (χ0) is 18.5. The standard InChI is InChI=1S/C17H15ClFN3O2S2/c1-2-22-16(14-4-3-7-25-14)20-21-17(22)26-10-15(23)24-9-11-5-6-12(19)8-13(11)18/h3-8H,2,9-10H2,1H3.